The van der Waals surface area contributed by atoms with Crippen molar-refractivity contribution in [3.8, 4) is 0 Å². The van der Waals surface area contributed by atoms with E-state index in [1.165, 1.54) is 7.11 Å². The van der Waals surface area contributed by atoms with Crippen molar-refractivity contribution < 1.29 is 14.3 Å². The quantitative estimate of drug-likeness (QED) is 0.681. The number of carbonyl (C=O) groups excluding carboxylic acids is 1. The Balaban J connectivity index is 2.88. The molecule has 1 aliphatic heterocycles. The molecule has 1 fully saturated rings. The average Bonchev–Trinajstić information content (AvgIpc) is 2.36. The maximum Gasteiger partial charge on any atom is 0.328 e. The van der Waals surface area contributed by atoms with Gasteiger partial charge in [-0.25, -0.2) is 4.79 Å². The van der Waals surface area contributed by atoms with Crippen LogP contribution in [0.2, 0.25) is 0 Å². The topological polar surface area (TPSA) is 50.8 Å². The van der Waals surface area contributed by atoms with Gasteiger partial charge in [0.25, 0.3) is 0 Å². The van der Waals surface area contributed by atoms with Gasteiger partial charge < -0.3 is 14.8 Å². The first-order chi connectivity index (χ1) is 7.57. The van der Waals surface area contributed by atoms with Gasteiger partial charge >= 0.3 is 5.97 Å². The second-order valence-electron chi connectivity index (χ2n) is 4.25. The number of nitrogens with one attached hydrogen (secondary N) is 1. The van der Waals surface area contributed by atoms with E-state index in [2.05, 4.69) is 10.2 Å². The fraction of sp³-hybridized carbons (Fsp3) is 0.909. The van der Waals surface area contributed by atoms with Crippen molar-refractivity contribution in [2.45, 2.75) is 25.5 Å². The van der Waals surface area contributed by atoms with Crippen LogP contribution in [0.25, 0.3) is 0 Å². The van der Waals surface area contributed by atoms with Crippen molar-refractivity contribution in [2.75, 3.05) is 40.4 Å². The van der Waals surface area contributed by atoms with Crippen LogP contribution in [-0.4, -0.2) is 62.9 Å². The van der Waals surface area contributed by atoms with Gasteiger partial charge in [-0.15, -0.1) is 0 Å². The Labute approximate surface area is 97.1 Å². The first-order valence-electron chi connectivity index (χ1n) is 5.64. The van der Waals surface area contributed by atoms with Crippen LogP contribution in [0, 0.1) is 0 Å². The zero-order valence-corrected chi connectivity index (χ0v) is 10.6. The van der Waals surface area contributed by atoms with Crippen LogP contribution in [0.15, 0.2) is 0 Å². The third-order valence-electron chi connectivity index (χ3n) is 3.52. The molecule has 5 nitrogen and oxygen atoms in total. The third kappa shape index (κ3) is 2.36. The molecule has 0 aromatic rings. The average molecular weight is 230 g/mol. The van der Waals surface area contributed by atoms with Crippen LogP contribution in [0.5, 0.6) is 0 Å². The number of hydrogen-bond donors (Lipinski definition) is 1. The first-order valence-corrected chi connectivity index (χ1v) is 5.64. The highest BCUT2D eigenvalue weighted by Crippen LogP contribution is 2.23. The lowest BCUT2D eigenvalue weighted by Gasteiger charge is -2.44. The van der Waals surface area contributed by atoms with Gasteiger partial charge in [0.15, 0.2) is 0 Å². The van der Waals surface area contributed by atoms with Gasteiger partial charge in [0.05, 0.1) is 13.2 Å². The highest BCUT2D eigenvalue weighted by molar-refractivity contribution is 5.81. The maximum absolute atomic E-state index is 12.0. The predicted octanol–water partition coefficient (Wildman–Crippen LogP) is -0.142. The molecular formula is C11H22N2O3. The summed E-state index contributed by atoms with van der Waals surface area (Å²) in [5.74, 6) is -0.233. The standard InChI is InChI=1S/C11H22N2O3/c1-9(15-3)11(2,10(14)16-4)13-7-5-12-6-8-13/h9,12H,5-8H2,1-4H3. The summed E-state index contributed by atoms with van der Waals surface area (Å²) in [6, 6.07) is 0. The minimum atomic E-state index is -0.703. The van der Waals surface area contributed by atoms with E-state index in [1.54, 1.807) is 7.11 Å². The molecule has 0 amide bonds. The van der Waals surface area contributed by atoms with Crippen molar-refractivity contribution in [3.05, 3.63) is 0 Å². The summed E-state index contributed by atoms with van der Waals surface area (Å²) in [6.07, 6.45) is -0.196. The van der Waals surface area contributed by atoms with E-state index in [1.807, 2.05) is 13.8 Å². The number of ether oxygens (including phenoxy) is 2. The van der Waals surface area contributed by atoms with Crippen molar-refractivity contribution >= 4 is 5.97 Å². The number of nitrogens with zero attached hydrogens (tertiary/aromatic N) is 1. The number of hydrogen-bond acceptors (Lipinski definition) is 5. The minimum absolute atomic E-state index is 0.196. The highest BCUT2D eigenvalue weighted by Gasteiger charge is 2.46. The third-order valence-corrected chi connectivity index (χ3v) is 3.52. The number of rotatable bonds is 4. The molecule has 0 aliphatic carbocycles. The van der Waals surface area contributed by atoms with Gasteiger partial charge in [0.1, 0.15) is 5.54 Å². The van der Waals surface area contributed by atoms with Gasteiger partial charge in [-0.2, -0.15) is 0 Å². The van der Waals surface area contributed by atoms with E-state index >= 15 is 0 Å². The molecule has 0 aromatic carbocycles. The number of methoxy groups -OCH3 is 2. The Morgan fingerprint density at radius 2 is 1.94 bits per heavy atom. The Morgan fingerprint density at radius 1 is 1.38 bits per heavy atom. The van der Waals surface area contributed by atoms with Crippen LogP contribution in [-0.2, 0) is 14.3 Å². The monoisotopic (exact) mass is 230 g/mol. The number of piperazine rings is 1. The SMILES string of the molecule is COC(=O)C(C)(C(C)OC)N1CCNCC1. The van der Waals surface area contributed by atoms with Crippen molar-refractivity contribution in [1.29, 1.82) is 0 Å². The van der Waals surface area contributed by atoms with E-state index < -0.39 is 5.54 Å². The van der Waals surface area contributed by atoms with E-state index in [4.69, 9.17) is 9.47 Å². The second kappa shape index (κ2) is 5.61. The Kier molecular flexibility index (Phi) is 4.70. The minimum Gasteiger partial charge on any atom is -0.468 e. The fourth-order valence-corrected chi connectivity index (χ4v) is 2.12. The van der Waals surface area contributed by atoms with Gasteiger partial charge in [-0.3, -0.25) is 4.90 Å². The molecule has 1 rings (SSSR count). The smallest absolute Gasteiger partial charge is 0.328 e. The molecule has 0 bridgehead atoms. The normalized spacial score (nSPS) is 23.5. The molecule has 0 aromatic heterocycles. The van der Waals surface area contributed by atoms with E-state index in [9.17, 15) is 4.79 Å². The van der Waals surface area contributed by atoms with Gasteiger partial charge in [0.2, 0.25) is 0 Å². The van der Waals surface area contributed by atoms with Crippen LogP contribution < -0.4 is 5.32 Å². The van der Waals surface area contributed by atoms with Gasteiger partial charge in [-0.1, -0.05) is 0 Å². The molecule has 1 saturated heterocycles. The molecule has 0 saturated carbocycles. The van der Waals surface area contributed by atoms with E-state index in [0.717, 1.165) is 26.2 Å². The summed E-state index contributed by atoms with van der Waals surface area (Å²) in [7, 11) is 3.04. The molecular weight excluding hydrogens is 208 g/mol. The largest absolute Gasteiger partial charge is 0.468 e. The Hall–Kier alpha value is -0.650. The zero-order chi connectivity index (χ0) is 12.2. The van der Waals surface area contributed by atoms with Crippen molar-refractivity contribution in [1.82, 2.24) is 10.2 Å². The van der Waals surface area contributed by atoms with Crippen molar-refractivity contribution in [2.24, 2.45) is 0 Å². The highest BCUT2D eigenvalue weighted by atomic mass is 16.5. The Morgan fingerprint density at radius 3 is 2.38 bits per heavy atom. The van der Waals surface area contributed by atoms with Crippen LogP contribution in [0.4, 0.5) is 0 Å². The van der Waals surface area contributed by atoms with Crippen molar-refractivity contribution in [3.63, 3.8) is 0 Å². The summed E-state index contributed by atoms with van der Waals surface area (Å²) in [4.78, 5) is 14.1. The predicted molar refractivity (Wildman–Crippen MR) is 61.3 cm³/mol. The fourth-order valence-electron chi connectivity index (χ4n) is 2.12. The molecule has 1 N–H and O–H groups in total. The van der Waals surface area contributed by atoms with Crippen LogP contribution >= 0.6 is 0 Å². The second-order valence-corrected chi connectivity index (χ2v) is 4.25. The van der Waals surface area contributed by atoms with E-state index in [0.29, 0.717) is 0 Å². The Bertz CT molecular complexity index is 241. The zero-order valence-electron chi connectivity index (χ0n) is 10.6. The summed E-state index contributed by atoms with van der Waals surface area (Å²) in [5, 5.41) is 3.27. The molecule has 0 spiro atoms. The van der Waals surface area contributed by atoms with E-state index in [-0.39, 0.29) is 12.1 Å². The lowest BCUT2D eigenvalue weighted by Crippen LogP contribution is -2.64. The van der Waals surface area contributed by atoms with Crippen LogP contribution in [0.3, 0.4) is 0 Å². The molecule has 5 heteroatoms. The van der Waals surface area contributed by atoms with Crippen LogP contribution in [0.1, 0.15) is 13.8 Å². The summed E-state index contributed by atoms with van der Waals surface area (Å²) < 4.78 is 10.2. The summed E-state index contributed by atoms with van der Waals surface area (Å²) >= 11 is 0. The van der Waals surface area contributed by atoms with Gasteiger partial charge in [0, 0.05) is 33.3 Å². The molecule has 0 radical (unpaired) electrons. The molecule has 16 heavy (non-hydrogen) atoms. The molecule has 94 valence electrons. The first kappa shape index (κ1) is 13.4. The molecule has 1 aliphatic rings. The molecule has 2 unspecified atom stereocenters. The number of carbonyl (C=O) groups is 1. The molecule has 1 heterocycles. The summed E-state index contributed by atoms with van der Waals surface area (Å²) in [5.41, 5.74) is -0.703. The maximum atomic E-state index is 12.0. The van der Waals surface area contributed by atoms with Gasteiger partial charge in [-0.05, 0) is 13.8 Å². The lowest BCUT2D eigenvalue weighted by molar-refractivity contribution is -0.164. The number of esters is 1. The lowest BCUT2D eigenvalue weighted by atomic mass is 9.92. The molecule has 2 atom stereocenters. The summed E-state index contributed by atoms with van der Waals surface area (Å²) in [6.45, 7) is 7.24.